The van der Waals surface area contributed by atoms with Crippen molar-refractivity contribution in [2.45, 2.75) is 39.0 Å². The molecule has 1 saturated carbocycles. The fourth-order valence-electron chi connectivity index (χ4n) is 2.30. The molecule has 0 aliphatic heterocycles. The first-order valence-electron chi connectivity index (χ1n) is 5.91. The molecule has 1 aliphatic carbocycles. The summed E-state index contributed by atoms with van der Waals surface area (Å²) in [5.41, 5.74) is 2.46. The molecule has 0 spiro atoms. The van der Waals surface area contributed by atoms with Gasteiger partial charge in [0.2, 0.25) is 0 Å². The molecule has 0 N–H and O–H groups in total. The van der Waals surface area contributed by atoms with Gasteiger partial charge in [0.25, 0.3) is 0 Å². The van der Waals surface area contributed by atoms with Gasteiger partial charge in [-0.3, -0.25) is 0 Å². The Bertz CT molecular complexity index is 373. The molecule has 1 aliphatic rings. The van der Waals surface area contributed by atoms with Crippen LogP contribution in [0.5, 0.6) is 0 Å². The molecule has 0 heterocycles. The average molecular weight is 241 g/mol. The summed E-state index contributed by atoms with van der Waals surface area (Å²) in [5.74, 6) is 1.16. The fraction of sp³-hybridized carbons (Fsp3) is 0.571. The van der Waals surface area contributed by atoms with Crippen molar-refractivity contribution in [3.05, 3.63) is 34.6 Å². The van der Waals surface area contributed by atoms with Crippen LogP contribution in [0.15, 0.2) is 12.1 Å². The second-order valence-corrected chi connectivity index (χ2v) is 5.54. The summed E-state index contributed by atoms with van der Waals surface area (Å²) in [7, 11) is 0. The van der Waals surface area contributed by atoms with Gasteiger partial charge in [0.1, 0.15) is 5.82 Å². The third-order valence-electron chi connectivity index (χ3n) is 3.60. The Morgan fingerprint density at radius 1 is 1.25 bits per heavy atom. The van der Waals surface area contributed by atoms with Crippen molar-refractivity contribution in [2.24, 2.45) is 11.8 Å². The van der Waals surface area contributed by atoms with Crippen molar-refractivity contribution < 1.29 is 4.39 Å². The zero-order chi connectivity index (χ0) is 11.9. The van der Waals surface area contributed by atoms with E-state index in [0.717, 1.165) is 11.5 Å². The molecule has 0 amide bonds. The molecule has 88 valence electrons. The van der Waals surface area contributed by atoms with E-state index in [9.17, 15) is 4.39 Å². The summed E-state index contributed by atoms with van der Waals surface area (Å²) < 4.78 is 13.5. The lowest BCUT2D eigenvalue weighted by Crippen LogP contribution is -2.07. The molecule has 0 radical (unpaired) electrons. The lowest BCUT2D eigenvalue weighted by atomic mass is 9.94. The monoisotopic (exact) mass is 240 g/mol. The topological polar surface area (TPSA) is 0 Å². The van der Waals surface area contributed by atoms with Crippen LogP contribution < -0.4 is 0 Å². The highest BCUT2D eigenvalue weighted by Gasteiger charge is 2.33. The summed E-state index contributed by atoms with van der Waals surface area (Å²) in [4.78, 5) is 0. The summed E-state index contributed by atoms with van der Waals surface area (Å²) in [6.07, 6.45) is 2.59. The minimum Gasteiger partial charge on any atom is -0.206 e. The molecule has 0 nitrogen and oxygen atoms in total. The lowest BCUT2D eigenvalue weighted by Gasteiger charge is -2.19. The van der Waals surface area contributed by atoms with Crippen LogP contribution in [0, 0.1) is 31.5 Å². The van der Waals surface area contributed by atoms with E-state index in [1.807, 2.05) is 12.1 Å². The lowest BCUT2D eigenvalue weighted by molar-refractivity contribution is 0.490. The second-order valence-electron chi connectivity index (χ2n) is 5.07. The first-order valence-corrected chi connectivity index (χ1v) is 6.35. The highest BCUT2D eigenvalue weighted by molar-refractivity contribution is 6.21. The van der Waals surface area contributed by atoms with Crippen LogP contribution in [0.3, 0.4) is 0 Å². The van der Waals surface area contributed by atoms with Gasteiger partial charge in [0, 0.05) is 0 Å². The van der Waals surface area contributed by atoms with Crippen molar-refractivity contribution >= 4 is 11.6 Å². The largest absolute Gasteiger partial charge is 0.206 e. The molecule has 2 unspecified atom stereocenters. The van der Waals surface area contributed by atoms with Gasteiger partial charge in [0.05, 0.1) is 5.38 Å². The normalized spacial score (nSPS) is 19.6. The Kier molecular flexibility index (Phi) is 3.25. The molecule has 1 aromatic carbocycles. The van der Waals surface area contributed by atoms with Crippen molar-refractivity contribution in [1.82, 2.24) is 0 Å². The van der Waals surface area contributed by atoms with Crippen LogP contribution in [0.4, 0.5) is 4.39 Å². The first-order chi connectivity index (χ1) is 7.50. The van der Waals surface area contributed by atoms with Gasteiger partial charge >= 0.3 is 0 Å². The van der Waals surface area contributed by atoms with Crippen molar-refractivity contribution in [2.75, 3.05) is 0 Å². The highest BCUT2D eigenvalue weighted by Crippen LogP contribution is 2.45. The van der Waals surface area contributed by atoms with Crippen LogP contribution in [-0.4, -0.2) is 0 Å². The van der Waals surface area contributed by atoms with Crippen LogP contribution in [0.25, 0.3) is 0 Å². The molecule has 2 rings (SSSR count). The fourth-order valence-corrected chi connectivity index (χ4v) is 2.63. The van der Waals surface area contributed by atoms with Crippen LogP contribution in [0.1, 0.15) is 41.8 Å². The second kappa shape index (κ2) is 4.37. The smallest absolute Gasteiger partial charge is 0.129 e. The Balaban J connectivity index is 2.25. The zero-order valence-electron chi connectivity index (χ0n) is 10.1. The zero-order valence-corrected chi connectivity index (χ0v) is 10.8. The Labute approximate surface area is 102 Å². The molecule has 16 heavy (non-hydrogen) atoms. The van der Waals surface area contributed by atoms with Crippen molar-refractivity contribution in [3.8, 4) is 0 Å². The van der Waals surface area contributed by atoms with E-state index in [2.05, 4.69) is 6.92 Å². The Hall–Kier alpha value is -0.560. The van der Waals surface area contributed by atoms with E-state index < -0.39 is 0 Å². The third-order valence-corrected chi connectivity index (χ3v) is 4.25. The van der Waals surface area contributed by atoms with Gasteiger partial charge in [-0.2, -0.15) is 0 Å². The quantitative estimate of drug-likeness (QED) is 0.668. The van der Waals surface area contributed by atoms with Gasteiger partial charge in [-0.15, -0.1) is 11.6 Å². The predicted molar refractivity (Wildman–Crippen MR) is 66.4 cm³/mol. The standard InChI is InChI=1S/C14H18ClF/c1-8-6-12(7-9(2)14(8)16)13(15)10(3)11-4-5-11/h6-7,10-11,13H,4-5H2,1-3H3. The third kappa shape index (κ3) is 2.24. The van der Waals surface area contributed by atoms with Gasteiger partial charge in [-0.25, -0.2) is 4.39 Å². The maximum absolute atomic E-state index is 13.5. The summed E-state index contributed by atoms with van der Waals surface area (Å²) in [6.45, 7) is 5.80. The van der Waals surface area contributed by atoms with Crippen molar-refractivity contribution in [3.63, 3.8) is 0 Å². The first kappa shape index (κ1) is 11.9. The van der Waals surface area contributed by atoms with Crippen LogP contribution in [0.2, 0.25) is 0 Å². The molecule has 1 aromatic rings. The number of benzene rings is 1. The van der Waals surface area contributed by atoms with E-state index in [-0.39, 0.29) is 11.2 Å². The maximum atomic E-state index is 13.5. The number of rotatable bonds is 3. The molecule has 0 aromatic heterocycles. The average Bonchev–Trinajstić information content (AvgIpc) is 3.06. The summed E-state index contributed by atoms with van der Waals surface area (Å²) in [6, 6.07) is 3.78. The predicted octanol–water partition coefficient (Wildman–Crippen LogP) is 4.77. The number of halogens is 2. The minimum atomic E-state index is -0.105. The Morgan fingerprint density at radius 3 is 2.19 bits per heavy atom. The molecule has 2 heteroatoms. The van der Waals surface area contributed by atoms with Gasteiger partial charge in [0.15, 0.2) is 0 Å². The summed E-state index contributed by atoms with van der Waals surface area (Å²) in [5, 5.41) is 0.0190. The van der Waals surface area contributed by atoms with E-state index in [1.54, 1.807) is 13.8 Å². The maximum Gasteiger partial charge on any atom is 0.129 e. The van der Waals surface area contributed by atoms with E-state index >= 15 is 0 Å². The van der Waals surface area contributed by atoms with E-state index in [4.69, 9.17) is 11.6 Å². The highest BCUT2D eigenvalue weighted by atomic mass is 35.5. The summed E-state index contributed by atoms with van der Waals surface area (Å²) >= 11 is 6.47. The molecule has 2 atom stereocenters. The molecular weight excluding hydrogens is 223 g/mol. The SMILES string of the molecule is Cc1cc(C(Cl)C(C)C2CC2)cc(C)c1F. The number of hydrogen-bond acceptors (Lipinski definition) is 0. The van der Waals surface area contributed by atoms with Crippen LogP contribution >= 0.6 is 11.6 Å². The van der Waals surface area contributed by atoms with E-state index in [1.165, 1.54) is 12.8 Å². The molecule has 1 fully saturated rings. The van der Waals surface area contributed by atoms with Gasteiger partial charge < -0.3 is 0 Å². The molecule has 0 bridgehead atoms. The van der Waals surface area contributed by atoms with Crippen molar-refractivity contribution in [1.29, 1.82) is 0 Å². The Morgan fingerprint density at radius 2 is 1.75 bits per heavy atom. The number of hydrogen-bond donors (Lipinski definition) is 0. The minimum absolute atomic E-state index is 0.0190. The van der Waals surface area contributed by atoms with Gasteiger partial charge in [-0.05, 0) is 55.2 Å². The molecule has 0 saturated heterocycles. The number of alkyl halides is 1. The number of aryl methyl sites for hydroxylation is 2. The van der Waals surface area contributed by atoms with Crippen LogP contribution in [-0.2, 0) is 0 Å². The van der Waals surface area contributed by atoms with Gasteiger partial charge in [-0.1, -0.05) is 19.1 Å². The van der Waals surface area contributed by atoms with E-state index in [0.29, 0.717) is 17.0 Å². The molecular formula is C14H18ClF.